The van der Waals surface area contributed by atoms with Crippen LogP contribution in [0.5, 0.6) is 0 Å². The highest BCUT2D eigenvalue weighted by Gasteiger charge is 2.24. The van der Waals surface area contributed by atoms with Gasteiger partial charge in [0.25, 0.3) is 0 Å². The van der Waals surface area contributed by atoms with Crippen molar-refractivity contribution in [3.63, 3.8) is 0 Å². The van der Waals surface area contributed by atoms with Crippen molar-refractivity contribution >= 4 is 23.8 Å². The SMILES string of the molecule is C=CCn1c(Cc2ccccc2)nnc1SCC(=O)NC1CCN(C(=O)OCC)CC1. The number of thioether (sulfide) groups is 1. The number of hydrogen-bond acceptors (Lipinski definition) is 6. The van der Waals surface area contributed by atoms with E-state index in [1.165, 1.54) is 11.8 Å². The second-order valence-electron chi connectivity index (χ2n) is 7.28. The summed E-state index contributed by atoms with van der Waals surface area (Å²) in [7, 11) is 0. The monoisotopic (exact) mass is 443 g/mol. The number of aromatic nitrogens is 3. The van der Waals surface area contributed by atoms with Crippen LogP contribution in [0.3, 0.4) is 0 Å². The van der Waals surface area contributed by atoms with Crippen molar-refractivity contribution < 1.29 is 14.3 Å². The molecule has 1 fully saturated rings. The Kier molecular flexibility index (Phi) is 8.52. The first-order valence-corrected chi connectivity index (χ1v) is 11.5. The van der Waals surface area contributed by atoms with E-state index in [0.717, 1.165) is 24.2 Å². The summed E-state index contributed by atoms with van der Waals surface area (Å²) in [5, 5.41) is 12.4. The molecule has 1 aromatic heterocycles. The molecule has 0 radical (unpaired) electrons. The highest BCUT2D eigenvalue weighted by molar-refractivity contribution is 7.99. The smallest absolute Gasteiger partial charge is 0.409 e. The van der Waals surface area contributed by atoms with Crippen molar-refractivity contribution in [1.29, 1.82) is 0 Å². The van der Waals surface area contributed by atoms with Gasteiger partial charge in [0.1, 0.15) is 5.82 Å². The second kappa shape index (κ2) is 11.5. The predicted molar refractivity (Wildman–Crippen MR) is 120 cm³/mol. The molecular weight excluding hydrogens is 414 g/mol. The maximum absolute atomic E-state index is 12.5. The molecule has 31 heavy (non-hydrogen) atoms. The van der Waals surface area contributed by atoms with Crippen LogP contribution in [0.2, 0.25) is 0 Å². The van der Waals surface area contributed by atoms with Crippen molar-refractivity contribution in [3.05, 3.63) is 54.4 Å². The molecule has 3 rings (SSSR count). The second-order valence-corrected chi connectivity index (χ2v) is 8.22. The number of nitrogens with zero attached hydrogens (tertiary/aromatic N) is 4. The van der Waals surface area contributed by atoms with E-state index >= 15 is 0 Å². The third-order valence-corrected chi connectivity index (χ3v) is 6.00. The highest BCUT2D eigenvalue weighted by Crippen LogP contribution is 2.19. The van der Waals surface area contributed by atoms with Crippen LogP contribution in [0.4, 0.5) is 4.79 Å². The molecule has 1 aliphatic heterocycles. The molecule has 2 amide bonds. The molecule has 0 unspecified atom stereocenters. The topological polar surface area (TPSA) is 89.4 Å². The van der Waals surface area contributed by atoms with Gasteiger partial charge in [0.2, 0.25) is 5.91 Å². The molecule has 9 heteroatoms. The van der Waals surface area contributed by atoms with Gasteiger partial charge in [-0.2, -0.15) is 0 Å². The number of amides is 2. The molecule has 0 bridgehead atoms. The molecule has 1 saturated heterocycles. The summed E-state index contributed by atoms with van der Waals surface area (Å²) < 4.78 is 7.03. The van der Waals surface area contributed by atoms with Crippen LogP contribution in [-0.2, 0) is 22.5 Å². The minimum Gasteiger partial charge on any atom is -0.450 e. The fourth-order valence-electron chi connectivity index (χ4n) is 3.47. The molecule has 8 nitrogen and oxygen atoms in total. The molecule has 1 aliphatic rings. The fourth-order valence-corrected chi connectivity index (χ4v) is 4.25. The van der Waals surface area contributed by atoms with Crippen LogP contribution in [0, 0.1) is 0 Å². The van der Waals surface area contributed by atoms with E-state index in [1.807, 2.05) is 22.8 Å². The van der Waals surface area contributed by atoms with Gasteiger partial charge in [-0.3, -0.25) is 4.79 Å². The van der Waals surface area contributed by atoms with Crippen molar-refractivity contribution in [2.45, 2.75) is 43.9 Å². The van der Waals surface area contributed by atoms with Crippen molar-refractivity contribution in [3.8, 4) is 0 Å². The highest BCUT2D eigenvalue weighted by atomic mass is 32.2. The largest absolute Gasteiger partial charge is 0.450 e. The Morgan fingerprint density at radius 2 is 2.00 bits per heavy atom. The van der Waals surface area contributed by atoms with Crippen LogP contribution in [0.25, 0.3) is 0 Å². The van der Waals surface area contributed by atoms with Gasteiger partial charge < -0.3 is 19.5 Å². The van der Waals surface area contributed by atoms with Crippen molar-refractivity contribution in [2.75, 3.05) is 25.4 Å². The van der Waals surface area contributed by atoms with Crippen molar-refractivity contribution in [1.82, 2.24) is 25.0 Å². The van der Waals surface area contributed by atoms with Crippen LogP contribution in [0.1, 0.15) is 31.2 Å². The van der Waals surface area contributed by atoms with Gasteiger partial charge in [-0.1, -0.05) is 48.2 Å². The average molecular weight is 444 g/mol. The van der Waals surface area contributed by atoms with E-state index in [0.29, 0.717) is 37.8 Å². The van der Waals surface area contributed by atoms with Crippen LogP contribution >= 0.6 is 11.8 Å². The summed E-state index contributed by atoms with van der Waals surface area (Å²) in [5.41, 5.74) is 1.16. The third kappa shape index (κ3) is 6.58. The van der Waals surface area contributed by atoms with Gasteiger partial charge in [0, 0.05) is 32.1 Å². The van der Waals surface area contributed by atoms with Crippen LogP contribution < -0.4 is 5.32 Å². The summed E-state index contributed by atoms with van der Waals surface area (Å²) in [4.78, 5) is 25.9. The minimum atomic E-state index is -0.282. The number of piperidine rings is 1. The first-order valence-electron chi connectivity index (χ1n) is 10.5. The maximum Gasteiger partial charge on any atom is 0.409 e. The Morgan fingerprint density at radius 1 is 1.26 bits per heavy atom. The third-order valence-electron chi connectivity index (χ3n) is 5.03. The Hall–Kier alpha value is -2.81. The van der Waals surface area contributed by atoms with E-state index < -0.39 is 0 Å². The molecule has 2 heterocycles. The number of likely N-dealkylation sites (tertiary alicyclic amines) is 1. The Balaban J connectivity index is 1.50. The summed E-state index contributed by atoms with van der Waals surface area (Å²) >= 11 is 1.37. The van der Waals surface area contributed by atoms with Gasteiger partial charge in [0.05, 0.1) is 12.4 Å². The molecule has 1 N–H and O–H groups in total. The predicted octanol–water partition coefficient (Wildman–Crippen LogP) is 2.88. The van der Waals surface area contributed by atoms with Gasteiger partial charge >= 0.3 is 6.09 Å². The lowest BCUT2D eigenvalue weighted by Gasteiger charge is -2.31. The van der Waals surface area contributed by atoms with Crippen LogP contribution in [-0.4, -0.2) is 63.2 Å². The zero-order valence-electron chi connectivity index (χ0n) is 17.8. The first kappa shape index (κ1) is 22.9. The van der Waals surface area contributed by atoms with Gasteiger partial charge in [-0.15, -0.1) is 16.8 Å². The molecule has 1 aromatic carbocycles. The van der Waals surface area contributed by atoms with E-state index in [2.05, 4.69) is 34.2 Å². The minimum absolute atomic E-state index is 0.0441. The number of hydrogen-bond donors (Lipinski definition) is 1. The zero-order chi connectivity index (χ0) is 22.1. The number of allylic oxidation sites excluding steroid dienone is 1. The van der Waals surface area contributed by atoms with Gasteiger partial charge in [-0.25, -0.2) is 4.79 Å². The van der Waals surface area contributed by atoms with Gasteiger partial charge in [-0.05, 0) is 25.3 Å². The average Bonchev–Trinajstić information content (AvgIpc) is 3.15. The summed E-state index contributed by atoms with van der Waals surface area (Å²) in [5.74, 6) is 1.07. The van der Waals surface area contributed by atoms with Crippen LogP contribution in [0.15, 0.2) is 48.1 Å². The summed E-state index contributed by atoms with van der Waals surface area (Å²) in [6.45, 7) is 7.76. The number of rotatable bonds is 9. The van der Waals surface area contributed by atoms with Gasteiger partial charge in [0.15, 0.2) is 5.16 Å². The van der Waals surface area contributed by atoms with E-state index in [9.17, 15) is 9.59 Å². The lowest BCUT2D eigenvalue weighted by Crippen LogP contribution is -2.47. The standard InChI is InChI=1S/C22H29N5O3S/c1-3-12-27-19(15-17-8-6-5-7-9-17)24-25-21(27)31-16-20(28)23-18-10-13-26(14-11-18)22(29)30-4-2/h3,5-9,18H,1,4,10-16H2,2H3,(H,23,28). The summed E-state index contributed by atoms with van der Waals surface area (Å²) in [6.07, 6.45) is 3.65. The molecule has 166 valence electrons. The molecule has 0 saturated carbocycles. The number of ether oxygens (including phenoxy) is 1. The Morgan fingerprint density at radius 3 is 2.68 bits per heavy atom. The quantitative estimate of drug-likeness (QED) is 0.474. The van der Waals surface area contributed by atoms with Crippen molar-refractivity contribution in [2.24, 2.45) is 0 Å². The normalized spacial score (nSPS) is 14.3. The summed E-state index contributed by atoms with van der Waals surface area (Å²) in [6, 6.07) is 10.2. The molecular formula is C22H29N5O3S. The van der Waals surface area contributed by atoms with E-state index in [1.54, 1.807) is 17.9 Å². The molecule has 2 aromatic rings. The fraction of sp³-hybridized carbons (Fsp3) is 0.455. The molecule has 0 atom stereocenters. The lowest BCUT2D eigenvalue weighted by atomic mass is 10.1. The Labute approximate surface area is 187 Å². The lowest BCUT2D eigenvalue weighted by molar-refractivity contribution is -0.119. The Bertz CT molecular complexity index is 879. The first-order chi connectivity index (χ1) is 15.1. The molecule has 0 spiro atoms. The maximum atomic E-state index is 12.5. The zero-order valence-corrected chi connectivity index (χ0v) is 18.6. The number of nitrogens with one attached hydrogen (secondary N) is 1. The van der Waals surface area contributed by atoms with E-state index in [4.69, 9.17) is 4.74 Å². The number of carbonyl (C=O) groups is 2. The molecule has 0 aliphatic carbocycles. The van der Waals surface area contributed by atoms with E-state index in [-0.39, 0.29) is 23.8 Å². The number of benzene rings is 1. The number of carbonyl (C=O) groups excluding carboxylic acids is 2.